The van der Waals surface area contributed by atoms with Gasteiger partial charge in [0.2, 0.25) is 5.91 Å². The van der Waals surface area contributed by atoms with E-state index >= 15 is 0 Å². The Hall–Kier alpha value is -1.65. The molecule has 19 heavy (non-hydrogen) atoms. The van der Waals surface area contributed by atoms with Crippen molar-refractivity contribution in [2.24, 2.45) is 0 Å². The number of carbonyl (C=O) groups excluding carboxylic acids is 1. The molecule has 0 aromatic heterocycles. The topological polar surface area (TPSA) is 41.6 Å². The number of carbonyl (C=O) groups is 1. The molecule has 1 aliphatic rings. The standard InChI is InChI=1S/C15H20N2O2/c1-2-15(18)16-11-13-5-3-4-6-14(13)12-17-7-9-19-10-8-17/h2-6H,1,7-12H2,(H,16,18). The quantitative estimate of drug-likeness (QED) is 0.812. The molecule has 4 heteroatoms. The number of benzene rings is 1. The van der Waals surface area contributed by atoms with Gasteiger partial charge in [0.1, 0.15) is 0 Å². The molecular weight excluding hydrogens is 240 g/mol. The third-order valence-corrected chi connectivity index (χ3v) is 3.25. The lowest BCUT2D eigenvalue weighted by atomic mass is 10.1. The van der Waals surface area contributed by atoms with Crippen molar-refractivity contribution >= 4 is 5.91 Å². The van der Waals surface area contributed by atoms with Gasteiger partial charge in [0.05, 0.1) is 13.2 Å². The van der Waals surface area contributed by atoms with Crippen LogP contribution in [0.4, 0.5) is 0 Å². The van der Waals surface area contributed by atoms with Crippen LogP contribution in [0.3, 0.4) is 0 Å². The average Bonchev–Trinajstić information content (AvgIpc) is 2.47. The minimum atomic E-state index is -0.138. The summed E-state index contributed by atoms with van der Waals surface area (Å²) in [5.74, 6) is -0.138. The van der Waals surface area contributed by atoms with Gasteiger partial charge in [0.15, 0.2) is 0 Å². The second-order valence-corrected chi connectivity index (χ2v) is 4.58. The summed E-state index contributed by atoms with van der Waals surface area (Å²) < 4.78 is 5.35. The maximum absolute atomic E-state index is 11.2. The number of nitrogens with zero attached hydrogens (tertiary/aromatic N) is 1. The Morgan fingerprint density at radius 1 is 1.32 bits per heavy atom. The van der Waals surface area contributed by atoms with E-state index in [1.807, 2.05) is 12.1 Å². The Kier molecular flexibility index (Phi) is 5.12. The van der Waals surface area contributed by atoms with Crippen molar-refractivity contribution in [2.45, 2.75) is 13.1 Å². The molecule has 0 aliphatic carbocycles. The van der Waals surface area contributed by atoms with E-state index in [0.29, 0.717) is 6.54 Å². The predicted octanol–water partition coefficient (Wildman–Crippen LogP) is 1.32. The van der Waals surface area contributed by atoms with E-state index in [9.17, 15) is 4.79 Å². The van der Waals surface area contributed by atoms with E-state index in [4.69, 9.17) is 4.74 Å². The van der Waals surface area contributed by atoms with E-state index in [2.05, 4.69) is 28.9 Å². The number of nitrogens with one attached hydrogen (secondary N) is 1. The third-order valence-electron chi connectivity index (χ3n) is 3.25. The molecule has 1 aromatic carbocycles. The molecule has 102 valence electrons. The summed E-state index contributed by atoms with van der Waals surface area (Å²) in [6.45, 7) is 8.44. The zero-order valence-corrected chi connectivity index (χ0v) is 11.1. The highest BCUT2D eigenvalue weighted by molar-refractivity contribution is 5.86. The second kappa shape index (κ2) is 7.07. The molecule has 1 heterocycles. The summed E-state index contributed by atoms with van der Waals surface area (Å²) in [6.07, 6.45) is 1.30. The monoisotopic (exact) mass is 260 g/mol. The van der Waals surface area contributed by atoms with Crippen molar-refractivity contribution in [3.63, 3.8) is 0 Å². The minimum absolute atomic E-state index is 0.138. The number of hydrogen-bond acceptors (Lipinski definition) is 3. The lowest BCUT2D eigenvalue weighted by molar-refractivity contribution is -0.116. The molecule has 0 spiro atoms. The maximum Gasteiger partial charge on any atom is 0.243 e. The van der Waals surface area contributed by atoms with Crippen LogP contribution < -0.4 is 5.32 Å². The second-order valence-electron chi connectivity index (χ2n) is 4.58. The summed E-state index contributed by atoms with van der Waals surface area (Å²) in [4.78, 5) is 13.6. The number of hydrogen-bond donors (Lipinski definition) is 1. The van der Waals surface area contributed by atoms with E-state index in [0.717, 1.165) is 38.4 Å². The lowest BCUT2D eigenvalue weighted by Crippen LogP contribution is -2.36. The number of amides is 1. The van der Waals surface area contributed by atoms with Gasteiger partial charge in [-0.25, -0.2) is 0 Å². The van der Waals surface area contributed by atoms with Crippen molar-refractivity contribution in [1.29, 1.82) is 0 Å². The third kappa shape index (κ3) is 4.19. The summed E-state index contributed by atoms with van der Waals surface area (Å²) in [5, 5.41) is 2.83. The molecule has 0 radical (unpaired) electrons. The summed E-state index contributed by atoms with van der Waals surface area (Å²) >= 11 is 0. The van der Waals surface area contributed by atoms with Crippen LogP contribution in [0.15, 0.2) is 36.9 Å². The van der Waals surface area contributed by atoms with Gasteiger partial charge in [-0.05, 0) is 17.2 Å². The molecule has 0 bridgehead atoms. The van der Waals surface area contributed by atoms with Crippen molar-refractivity contribution < 1.29 is 9.53 Å². The van der Waals surface area contributed by atoms with Gasteiger partial charge in [-0.2, -0.15) is 0 Å². The molecule has 1 aliphatic heterocycles. The molecule has 4 nitrogen and oxygen atoms in total. The largest absolute Gasteiger partial charge is 0.379 e. The molecular formula is C15H20N2O2. The van der Waals surface area contributed by atoms with Gasteiger partial charge < -0.3 is 10.1 Å². The molecule has 1 amide bonds. The molecule has 1 saturated heterocycles. The fourth-order valence-electron chi connectivity index (χ4n) is 2.14. The Morgan fingerprint density at radius 3 is 2.68 bits per heavy atom. The molecule has 1 N–H and O–H groups in total. The number of ether oxygens (including phenoxy) is 1. The lowest BCUT2D eigenvalue weighted by Gasteiger charge is -2.27. The van der Waals surface area contributed by atoms with Crippen LogP contribution >= 0.6 is 0 Å². The molecule has 2 rings (SSSR count). The number of rotatable bonds is 5. The fourth-order valence-corrected chi connectivity index (χ4v) is 2.14. The summed E-state index contributed by atoms with van der Waals surface area (Å²) in [7, 11) is 0. The van der Waals surface area contributed by atoms with Crippen molar-refractivity contribution in [2.75, 3.05) is 26.3 Å². The fraction of sp³-hybridized carbons (Fsp3) is 0.400. The van der Waals surface area contributed by atoms with E-state index in [1.165, 1.54) is 11.6 Å². The van der Waals surface area contributed by atoms with Crippen LogP contribution in [0.1, 0.15) is 11.1 Å². The summed E-state index contributed by atoms with van der Waals surface area (Å²) in [5.41, 5.74) is 2.41. The van der Waals surface area contributed by atoms with Gasteiger partial charge in [0, 0.05) is 26.2 Å². The normalized spacial score (nSPS) is 16.0. The first kappa shape index (κ1) is 13.8. The van der Waals surface area contributed by atoms with Gasteiger partial charge >= 0.3 is 0 Å². The van der Waals surface area contributed by atoms with E-state index in [1.54, 1.807) is 0 Å². The van der Waals surface area contributed by atoms with Gasteiger partial charge in [-0.3, -0.25) is 9.69 Å². The van der Waals surface area contributed by atoms with Gasteiger partial charge in [-0.15, -0.1) is 0 Å². The Morgan fingerprint density at radius 2 is 2.00 bits per heavy atom. The minimum Gasteiger partial charge on any atom is -0.379 e. The maximum atomic E-state index is 11.2. The first-order chi connectivity index (χ1) is 9.29. The first-order valence-corrected chi connectivity index (χ1v) is 6.57. The molecule has 1 aromatic rings. The van der Waals surface area contributed by atoms with Crippen molar-refractivity contribution in [3.8, 4) is 0 Å². The van der Waals surface area contributed by atoms with Crippen molar-refractivity contribution in [1.82, 2.24) is 10.2 Å². The van der Waals surface area contributed by atoms with Crippen LogP contribution in [-0.2, 0) is 22.6 Å². The van der Waals surface area contributed by atoms with Crippen LogP contribution in [-0.4, -0.2) is 37.1 Å². The Labute approximate surface area is 114 Å². The molecule has 0 unspecified atom stereocenters. The number of morpholine rings is 1. The highest BCUT2D eigenvalue weighted by Crippen LogP contribution is 2.12. The molecule has 0 saturated carbocycles. The van der Waals surface area contributed by atoms with Crippen LogP contribution in [0, 0.1) is 0 Å². The van der Waals surface area contributed by atoms with Crippen LogP contribution in [0.2, 0.25) is 0 Å². The first-order valence-electron chi connectivity index (χ1n) is 6.57. The summed E-state index contributed by atoms with van der Waals surface area (Å²) in [6, 6.07) is 8.21. The average molecular weight is 260 g/mol. The molecule has 1 fully saturated rings. The highest BCUT2D eigenvalue weighted by atomic mass is 16.5. The highest BCUT2D eigenvalue weighted by Gasteiger charge is 2.12. The van der Waals surface area contributed by atoms with Gasteiger partial charge in [0.25, 0.3) is 0 Å². The van der Waals surface area contributed by atoms with Gasteiger partial charge in [-0.1, -0.05) is 30.8 Å². The molecule has 0 atom stereocenters. The van der Waals surface area contributed by atoms with E-state index < -0.39 is 0 Å². The van der Waals surface area contributed by atoms with Crippen LogP contribution in [0.25, 0.3) is 0 Å². The Balaban J connectivity index is 1.98. The smallest absolute Gasteiger partial charge is 0.243 e. The SMILES string of the molecule is C=CC(=O)NCc1ccccc1CN1CCOCC1. The zero-order chi connectivity index (χ0) is 13.5. The van der Waals surface area contributed by atoms with Crippen LogP contribution in [0.5, 0.6) is 0 Å². The zero-order valence-electron chi connectivity index (χ0n) is 11.1. The Bertz CT molecular complexity index is 440. The van der Waals surface area contributed by atoms with E-state index in [-0.39, 0.29) is 5.91 Å². The van der Waals surface area contributed by atoms with Crippen molar-refractivity contribution in [3.05, 3.63) is 48.0 Å². The predicted molar refractivity (Wildman–Crippen MR) is 74.6 cm³/mol.